The van der Waals surface area contributed by atoms with Gasteiger partial charge in [-0.3, -0.25) is 4.79 Å². The Morgan fingerprint density at radius 2 is 1.67 bits per heavy atom. The monoisotopic (exact) mass is 630 g/mol. The zero-order valence-corrected chi connectivity index (χ0v) is 27.3. The Hall–Kier alpha value is -4.35. The molecule has 1 fully saturated rings. The molecule has 4 aromatic rings. The third-order valence-electron chi connectivity index (χ3n) is 8.40. The molecule has 0 bridgehead atoms. The number of piperazine rings is 1. The van der Waals surface area contributed by atoms with Gasteiger partial charge in [0.15, 0.2) is 9.84 Å². The lowest BCUT2D eigenvalue weighted by Crippen LogP contribution is -2.56. The normalized spacial score (nSPS) is 15.2. The fourth-order valence-corrected chi connectivity index (χ4v) is 6.86. The predicted octanol–water partition coefficient (Wildman–Crippen LogP) is 4.58. The molecular formula is C34H42N6O4S. The van der Waals surface area contributed by atoms with Crippen molar-refractivity contribution in [1.82, 2.24) is 20.1 Å². The van der Waals surface area contributed by atoms with Crippen molar-refractivity contribution in [1.29, 1.82) is 0 Å². The number of benzene rings is 3. The number of carbonyl (C=O) groups is 2. The molecule has 0 aliphatic carbocycles. The van der Waals surface area contributed by atoms with E-state index in [1.807, 2.05) is 68.5 Å². The van der Waals surface area contributed by atoms with Crippen molar-refractivity contribution in [2.45, 2.75) is 37.2 Å². The fraction of sp³-hybridized carbons (Fsp3) is 0.353. The smallest absolute Gasteiger partial charge is 0.318 e. The first kappa shape index (κ1) is 32.1. The van der Waals surface area contributed by atoms with Gasteiger partial charge in [-0.2, -0.15) is 0 Å². The number of hydrogen-bond acceptors (Lipinski definition) is 6. The van der Waals surface area contributed by atoms with Gasteiger partial charge in [0.1, 0.15) is 6.04 Å². The highest BCUT2D eigenvalue weighted by molar-refractivity contribution is 7.90. The summed E-state index contributed by atoms with van der Waals surface area (Å²) in [5.41, 5.74) is 5.18. The van der Waals surface area contributed by atoms with Gasteiger partial charge in [-0.25, -0.2) is 13.2 Å². The fourth-order valence-electron chi connectivity index (χ4n) is 6.03. The Labute approximate surface area is 265 Å². The number of aromatic nitrogens is 1. The largest absolute Gasteiger partial charge is 0.368 e. The number of anilines is 2. The van der Waals surface area contributed by atoms with E-state index >= 15 is 0 Å². The van der Waals surface area contributed by atoms with E-state index in [1.165, 1.54) is 11.6 Å². The van der Waals surface area contributed by atoms with Crippen LogP contribution in [-0.2, 0) is 21.2 Å². The summed E-state index contributed by atoms with van der Waals surface area (Å²) in [6.07, 6.45) is 2.98. The Balaban J connectivity index is 1.41. The van der Waals surface area contributed by atoms with Crippen molar-refractivity contribution in [3.63, 3.8) is 0 Å². The first-order valence-corrected chi connectivity index (χ1v) is 17.0. The minimum atomic E-state index is -3.65. The molecule has 3 aromatic carbocycles. The number of aryl methyl sites for hydroxylation is 1. The Morgan fingerprint density at radius 1 is 0.978 bits per heavy atom. The maximum absolute atomic E-state index is 14.1. The van der Waals surface area contributed by atoms with E-state index < -0.39 is 27.7 Å². The molecule has 3 amide bonds. The molecule has 2 heterocycles. The van der Waals surface area contributed by atoms with Gasteiger partial charge >= 0.3 is 6.03 Å². The van der Waals surface area contributed by atoms with Crippen molar-refractivity contribution in [3.05, 3.63) is 89.6 Å². The van der Waals surface area contributed by atoms with Crippen LogP contribution < -0.4 is 15.5 Å². The molecule has 1 saturated heterocycles. The number of urea groups is 1. The molecule has 1 aliphatic heterocycles. The van der Waals surface area contributed by atoms with Crippen LogP contribution in [0.5, 0.6) is 0 Å². The summed E-state index contributed by atoms with van der Waals surface area (Å²) in [5, 5.41) is 6.84. The number of amides is 3. The number of para-hydroxylation sites is 2. The average Bonchev–Trinajstić information content (AvgIpc) is 3.43. The van der Waals surface area contributed by atoms with Gasteiger partial charge in [-0.05, 0) is 62.0 Å². The van der Waals surface area contributed by atoms with E-state index in [4.69, 9.17) is 0 Å². The van der Waals surface area contributed by atoms with Gasteiger partial charge in [0.2, 0.25) is 5.91 Å². The van der Waals surface area contributed by atoms with Crippen LogP contribution in [0, 0.1) is 6.92 Å². The Kier molecular flexibility index (Phi) is 9.50. The molecule has 1 aromatic heterocycles. The molecule has 2 atom stereocenters. The first-order chi connectivity index (χ1) is 21.4. The van der Waals surface area contributed by atoms with Gasteiger partial charge in [-0.1, -0.05) is 49.4 Å². The molecule has 10 nitrogen and oxygen atoms in total. The van der Waals surface area contributed by atoms with Gasteiger partial charge < -0.3 is 30.3 Å². The number of H-pyrrole nitrogens is 1. The van der Waals surface area contributed by atoms with Crippen molar-refractivity contribution >= 4 is 44.1 Å². The van der Waals surface area contributed by atoms with Crippen LogP contribution in [0.15, 0.2) is 77.8 Å². The minimum absolute atomic E-state index is 0.0236. The van der Waals surface area contributed by atoms with Gasteiger partial charge in [0.25, 0.3) is 0 Å². The number of carbonyl (C=O) groups excluding carboxylic acids is 2. The minimum Gasteiger partial charge on any atom is -0.368 e. The summed E-state index contributed by atoms with van der Waals surface area (Å²) in [7, 11) is 0.182. The van der Waals surface area contributed by atoms with Crippen molar-refractivity contribution < 1.29 is 18.0 Å². The second-order valence-electron chi connectivity index (χ2n) is 12.1. The topological polar surface area (TPSA) is 118 Å². The lowest BCUT2D eigenvalue weighted by Gasteiger charge is -2.37. The molecule has 0 saturated carbocycles. The lowest BCUT2D eigenvalue weighted by atomic mass is 9.92. The lowest BCUT2D eigenvalue weighted by molar-refractivity contribution is -0.118. The number of nitrogens with one attached hydrogen (secondary N) is 3. The third kappa shape index (κ3) is 7.32. The van der Waals surface area contributed by atoms with Crippen molar-refractivity contribution in [2.24, 2.45) is 0 Å². The molecule has 0 spiro atoms. The second-order valence-corrected chi connectivity index (χ2v) is 14.1. The number of rotatable bonds is 9. The highest BCUT2D eigenvalue weighted by Gasteiger charge is 2.33. The zero-order chi connectivity index (χ0) is 32.3. The summed E-state index contributed by atoms with van der Waals surface area (Å²) < 4.78 is 25.4. The van der Waals surface area contributed by atoms with Gasteiger partial charge in [0.05, 0.1) is 10.6 Å². The van der Waals surface area contributed by atoms with Crippen LogP contribution in [0.3, 0.4) is 0 Å². The van der Waals surface area contributed by atoms with Gasteiger partial charge in [-0.15, -0.1) is 0 Å². The maximum atomic E-state index is 14.1. The van der Waals surface area contributed by atoms with E-state index in [9.17, 15) is 18.0 Å². The van der Waals surface area contributed by atoms with Crippen LogP contribution in [0.25, 0.3) is 10.9 Å². The SMILES string of the molecule is Cc1ccccc1N1CCN(C(=O)N[C@@H](C(=O)Nc2cc(CN(C)C)ccc2S(C)(=O)=O)[C@H](C)c2c[nH]c3ccccc23)CC1. The van der Waals surface area contributed by atoms with Crippen molar-refractivity contribution in [2.75, 3.05) is 56.7 Å². The molecule has 45 heavy (non-hydrogen) atoms. The highest BCUT2D eigenvalue weighted by atomic mass is 32.2. The summed E-state index contributed by atoms with van der Waals surface area (Å²) in [6.45, 7) is 6.88. The standard InChI is InChI=1S/C34H42N6O4S/c1-23-10-6-9-13-30(23)39-16-18-40(19-17-39)34(42)37-32(24(2)27-21-35-28-12-8-7-11-26(27)28)33(41)36-29-20-25(22-38(3)4)14-15-31(29)45(5,43)44/h6-15,20-21,24,32,35H,16-19,22H2,1-5H3,(H,36,41)(H,37,42)/t24-,32-/m1/s1. The predicted molar refractivity (Wildman–Crippen MR) is 180 cm³/mol. The van der Waals surface area contributed by atoms with Crippen LogP contribution in [0.4, 0.5) is 16.2 Å². The summed E-state index contributed by atoms with van der Waals surface area (Å²) in [5.74, 6) is -0.934. The Bertz CT molecular complexity index is 1790. The van der Waals surface area contributed by atoms with Gasteiger partial charge in [0, 0.05) is 67.7 Å². The molecule has 1 aliphatic rings. The van der Waals surface area contributed by atoms with Crippen molar-refractivity contribution in [3.8, 4) is 0 Å². The van der Waals surface area contributed by atoms with E-state index in [1.54, 1.807) is 17.0 Å². The molecular weight excluding hydrogens is 588 g/mol. The molecule has 0 radical (unpaired) electrons. The van der Waals surface area contributed by atoms with E-state index in [2.05, 4.69) is 39.6 Å². The molecule has 0 unspecified atom stereocenters. The van der Waals surface area contributed by atoms with Crippen LogP contribution in [0.1, 0.15) is 29.5 Å². The molecule has 5 rings (SSSR count). The second kappa shape index (κ2) is 13.3. The number of fused-ring (bicyclic) bond motifs is 1. The number of aromatic amines is 1. The van der Waals surface area contributed by atoms with E-state index in [0.29, 0.717) is 32.7 Å². The van der Waals surface area contributed by atoms with E-state index in [0.717, 1.165) is 34.0 Å². The summed E-state index contributed by atoms with van der Waals surface area (Å²) >= 11 is 0. The van der Waals surface area contributed by atoms with Crippen LogP contribution in [-0.4, -0.2) is 87.7 Å². The molecule has 11 heteroatoms. The van der Waals surface area contributed by atoms with Crippen LogP contribution in [0.2, 0.25) is 0 Å². The quantitative estimate of drug-likeness (QED) is 0.249. The zero-order valence-electron chi connectivity index (χ0n) is 26.5. The Morgan fingerprint density at radius 3 is 2.36 bits per heavy atom. The maximum Gasteiger partial charge on any atom is 0.318 e. The first-order valence-electron chi connectivity index (χ1n) is 15.1. The summed E-state index contributed by atoms with van der Waals surface area (Å²) in [4.78, 5) is 37.1. The average molecular weight is 631 g/mol. The van der Waals surface area contributed by atoms with E-state index in [-0.39, 0.29) is 16.6 Å². The number of hydrogen-bond donors (Lipinski definition) is 3. The number of nitrogens with zero attached hydrogens (tertiary/aromatic N) is 3. The third-order valence-corrected chi connectivity index (χ3v) is 9.55. The number of sulfone groups is 1. The van der Waals surface area contributed by atoms with Crippen LogP contribution >= 0.6 is 0 Å². The molecule has 3 N–H and O–H groups in total. The highest BCUT2D eigenvalue weighted by Crippen LogP contribution is 2.30. The molecule has 238 valence electrons. The summed E-state index contributed by atoms with van der Waals surface area (Å²) in [6, 6.07) is 19.6.